The molecule has 1 heterocycles. The molecule has 17 heavy (non-hydrogen) atoms. The molecule has 0 saturated carbocycles. The molecule has 92 valence electrons. The molecule has 0 bridgehead atoms. The number of carbonyl (C=O) groups is 1. The average molecular weight is 257 g/mol. The van der Waals surface area contributed by atoms with E-state index in [1.807, 2.05) is 0 Å². The van der Waals surface area contributed by atoms with Crippen LogP contribution in [0.2, 0.25) is 0 Å². The van der Waals surface area contributed by atoms with Crippen LogP contribution in [0.4, 0.5) is 0 Å². The van der Waals surface area contributed by atoms with Gasteiger partial charge in [-0.15, -0.1) is 0 Å². The first kappa shape index (κ1) is 12.3. The van der Waals surface area contributed by atoms with Crippen LogP contribution in [0.5, 0.6) is 0 Å². The van der Waals surface area contributed by atoms with Crippen molar-refractivity contribution in [1.29, 1.82) is 0 Å². The Morgan fingerprint density at radius 2 is 2.12 bits per heavy atom. The molecule has 1 atom stereocenters. The van der Waals surface area contributed by atoms with Crippen molar-refractivity contribution in [3.63, 3.8) is 0 Å². The summed E-state index contributed by atoms with van der Waals surface area (Å²) in [7, 11) is -4.36. The monoisotopic (exact) mass is 257 g/mol. The smallest absolute Gasteiger partial charge is 0.356 e. The van der Waals surface area contributed by atoms with E-state index in [4.69, 9.17) is 5.11 Å². The minimum atomic E-state index is -4.36. The summed E-state index contributed by atoms with van der Waals surface area (Å²) in [4.78, 5) is 29.4. The highest BCUT2D eigenvalue weighted by atomic mass is 31.2. The summed E-state index contributed by atoms with van der Waals surface area (Å²) < 4.78 is 11.3. The van der Waals surface area contributed by atoms with Gasteiger partial charge >= 0.3 is 13.6 Å². The lowest BCUT2D eigenvalue weighted by atomic mass is 9.94. The predicted molar refractivity (Wildman–Crippen MR) is 60.2 cm³/mol. The Labute approximate surface area is 97.4 Å². The number of hydrogen-bond acceptors (Lipinski definition) is 3. The molecule has 0 aromatic heterocycles. The molecule has 1 aliphatic heterocycles. The van der Waals surface area contributed by atoms with Gasteiger partial charge in [0.05, 0.1) is 5.30 Å². The first-order valence-corrected chi connectivity index (χ1v) is 6.66. The van der Waals surface area contributed by atoms with Crippen LogP contribution in [0, 0.1) is 0 Å². The van der Waals surface area contributed by atoms with Gasteiger partial charge in [-0.3, -0.25) is 9.36 Å². The van der Waals surface area contributed by atoms with Gasteiger partial charge in [0.2, 0.25) is 0 Å². The lowest BCUT2D eigenvalue weighted by Crippen LogP contribution is -2.37. The minimum absolute atomic E-state index is 0.0669. The molecule has 0 spiro atoms. The lowest BCUT2D eigenvalue weighted by Gasteiger charge is -2.25. The van der Waals surface area contributed by atoms with Crippen molar-refractivity contribution in [2.45, 2.75) is 12.5 Å². The van der Waals surface area contributed by atoms with Gasteiger partial charge in [0.25, 0.3) is 0 Å². The summed E-state index contributed by atoms with van der Waals surface area (Å²) >= 11 is 0. The number of aliphatic carboxylic acids is 1. The highest BCUT2D eigenvalue weighted by Crippen LogP contribution is 2.37. The van der Waals surface area contributed by atoms with Crippen LogP contribution in [0.1, 0.15) is 17.2 Å². The molecular formula is C10H12NO5P. The van der Waals surface area contributed by atoms with E-state index in [0.717, 1.165) is 0 Å². The number of fused-ring (bicyclic) bond motifs is 1. The maximum absolute atomic E-state index is 11.3. The van der Waals surface area contributed by atoms with Crippen molar-refractivity contribution in [3.8, 4) is 0 Å². The van der Waals surface area contributed by atoms with Crippen LogP contribution in [-0.4, -0.2) is 27.4 Å². The van der Waals surface area contributed by atoms with E-state index >= 15 is 0 Å². The van der Waals surface area contributed by atoms with E-state index in [9.17, 15) is 19.1 Å². The number of hydrogen-bond donors (Lipinski definition) is 4. The van der Waals surface area contributed by atoms with Crippen molar-refractivity contribution in [1.82, 2.24) is 5.32 Å². The largest absolute Gasteiger partial charge is 0.480 e. The Kier molecular flexibility index (Phi) is 3.05. The molecule has 1 unspecified atom stereocenters. The lowest BCUT2D eigenvalue weighted by molar-refractivity contribution is -0.139. The number of carboxylic acid groups (broad SMARTS) is 1. The number of nitrogens with one attached hydrogen (secondary N) is 1. The van der Waals surface area contributed by atoms with Crippen molar-refractivity contribution >= 4 is 18.9 Å². The normalized spacial score (nSPS) is 19.8. The van der Waals surface area contributed by atoms with E-state index < -0.39 is 19.6 Å². The zero-order chi connectivity index (χ0) is 12.6. The summed E-state index contributed by atoms with van der Waals surface area (Å²) in [6.07, 6.45) is 0.417. The van der Waals surface area contributed by atoms with Gasteiger partial charge in [0.1, 0.15) is 6.04 Å². The van der Waals surface area contributed by atoms with Crippen LogP contribution in [-0.2, 0) is 15.8 Å². The van der Waals surface area contributed by atoms with Gasteiger partial charge in [-0.05, 0) is 23.6 Å². The van der Waals surface area contributed by atoms with Gasteiger partial charge in [0, 0.05) is 6.54 Å². The van der Waals surface area contributed by atoms with Crippen LogP contribution >= 0.6 is 7.60 Å². The third-order valence-electron chi connectivity index (χ3n) is 2.78. The average Bonchev–Trinajstić information content (AvgIpc) is 2.26. The topological polar surface area (TPSA) is 107 Å². The van der Waals surface area contributed by atoms with Crippen molar-refractivity contribution in [3.05, 3.63) is 29.3 Å². The minimum Gasteiger partial charge on any atom is -0.480 e. The molecule has 1 aromatic rings. The van der Waals surface area contributed by atoms with E-state index in [0.29, 0.717) is 24.1 Å². The van der Waals surface area contributed by atoms with Gasteiger partial charge in [-0.1, -0.05) is 12.1 Å². The molecule has 4 N–H and O–H groups in total. The fourth-order valence-corrected chi connectivity index (χ4v) is 2.95. The first-order chi connectivity index (χ1) is 7.91. The van der Waals surface area contributed by atoms with E-state index in [2.05, 4.69) is 5.32 Å². The summed E-state index contributed by atoms with van der Waals surface area (Å²) in [5.41, 5.74) is 0.886. The molecule has 7 heteroatoms. The zero-order valence-electron chi connectivity index (χ0n) is 8.83. The third kappa shape index (κ3) is 2.25. The fraction of sp³-hybridized carbons (Fsp3) is 0.300. The Bertz CT molecular complexity index is 509. The molecule has 0 amide bonds. The Morgan fingerprint density at radius 1 is 1.41 bits per heavy atom. The molecule has 2 rings (SSSR count). The van der Waals surface area contributed by atoms with E-state index in [1.165, 1.54) is 12.1 Å². The number of carboxylic acids is 1. The summed E-state index contributed by atoms with van der Waals surface area (Å²) in [5, 5.41) is 11.8. The zero-order valence-corrected chi connectivity index (χ0v) is 9.72. The standard InChI is InChI=1S/C10H12NO5P/c12-10(13)9-7-2-1-3-8(17(14,15)16)6(7)4-5-11-9/h1-3,9,11H,4-5H2,(H,12,13)(H2,14,15,16). The molecule has 0 radical (unpaired) electrons. The number of benzene rings is 1. The molecule has 6 nitrogen and oxygen atoms in total. The van der Waals surface area contributed by atoms with E-state index in [1.54, 1.807) is 6.07 Å². The maximum atomic E-state index is 11.3. The first-order valence-electron chi connectivity index (χ1n) is 5.05. The van der Waals surface area contributed by atoms with Crippen LogP contribution in [0.25, 0.3) is 0 Å². The quantitative estimate of drug-likeness (QED) is 0.545. The molecule has 1 aromatic carbocycles. The molecular weight excluding hydrogens is 245 g/mol. The van der Waals surface area contributed by atoms with E-state index in [-0.39, 0.29) is 5.30 Å². The van der Waals surface area contributed by atoms with Crippen LogP contribution in [0.15, 0.2) is 18.2 Å². The van der Waals surface area contributed by atoms with Crippen molar-refractivity contribution in [2.24, 2.45) is 0 Å². The fourth-order valence-electron chi connectivity index (χ4n) is 2.08. The predicted octanol–water partition coefficient (Wildman–Crippen LogP) is -0.239. The second kappa shape index (κ2) is 4.23. The molecule has 1 aliphatic rings. The van der Waals surface area contributed by atoms with Gasteiger partial charge in [-0.2, -0.15) is 0 Å². The van der Waals surface area contributed by atoms with Gasteiger partial charge < -0.3 is 20.2 Å². The van der Waals surface area contributed by atoms with Crippen LogP contribution < -0.4 is 10.6 Å². The van der Waals surface area contributed by atoms with Gasteiger partial charge in [-0.25, -0.2) is 0 Å². The summed E-state index contributed by atoms with van der Waals surface area (Å²) in [5.74, 6) is -1.05. The maximum Gasteiger partial charge on any atom is 0.356 e. The second-order valence-electron chi connectivity index (χ2n) is 3.86. The van der Waals surface area contributed by atoms with Crippen molar-refractivity contribution in [2.75, 3.05) is 6.54 Å². The Morgan fingerprint density at radius 3 is 2.71 bits per heavy atom. The summed E-state index contributed by atoms with van der Waals surface area (Å²) in [6.45, 7) is 0.390. The highest BCUT2D eigenvalue weighted by Gasteiger charge is 2.31. The molecule has 0 saturated heterocycles. The van der Waals surface area contributed by atoms with Gasteiger partial charge in [0.15, 0.2) is 0 Å². The Balaban J connectivity index is 2.59. The SMILES string of the molecule is O=C(O)C1NCCc2c1cccc2P(=O)(O)O. The summed E-state index contributed by atoms with van der Waals surface area (Å²) in [6, 6.07) is 3.50. The van der Waals surface area contributed by atoms with Crippen LogP contribution in [0.3, 0.4) is 0 Å². The van der Waals surface area contributed by atoms with Crippen molar-refractivity contribution < 1.29 is 24.3 Å². The third-order valence-corrected chi connectivity index (χ3v) is 3.83. The molecule has 0 aliphatic carbocycles. The molecule has 0 fully saturated rings. The number of rotatable bonds is 2. The Hall–Kier alpha value is -1.20. The highest BCUT2D eigenvalue weighted by molar-refractivity contribution is 7.60. The second-order valence-corrected chi connectivity index (χ2v) is 5.43.